The summed E-state index contributed by atoms with van der Waals surface area (Å²) in [5.41, 5.74) is 8.17. The summed E-state index contributed by atoms with van der Waals surface area (Å²) in [7, 11) is -3.48. The van der Waals surface area contributed by atoms with Gasteiger partial charge in [-0.3, -0.25) is 4.79 Å². The van der Waals surface area contributed by atoms with E-state index in [0.29, 0.717) is 41.9 Å². The molecule has 2 aromatic rings. The van der Waals surface area contributed by atoms with Gasteiger partial charge in [-0.05, 0) is 49.9 Å². The molecular weight excluding hydrogens is 422 g/mol. The van der Waals surface area contributed by atoms with Gasteiger partial charge >= 0.3 is 0 Å². The summed E-state index contributed by atoms with van der Waals surface area (Å²) in [6.07, 6.45) is 3.52. The lowest BCUT2D eigenvalue weighted by molar-refractivity contribution is -0.116. The third-order valence-electron chi connectivity index (χ3n) is 5.38. The Morgan fingerprint density at radius 1 is 1.13 bits per heavy atom. The van der Waals surface area contributed by atoms with Crippen LogP contribution in [0, 0.1) is 6.92 Å². The number of hydrogen-bond donors (Lipinski definition) is 1. The molecule has 2 aliphatic rings. The van der Waals surface area contributed by atoms with E-state index in [2.05, 4.69) is 9.97 Å². The third kappa shape index (κ3) is 4.30. The highest BCUT2D eigenvalue weighted by atomic mass is 32.2. The molecule has 1 aromatic carbocycles. The van der Waals surface area contributed by atoms with Crippen LogP contribution in [0.1, 0.15) is 30.5 Å². The van der Waals surface area contributed by atoms with Crippen molar-refractivity contribution in [3.05, 3.63) is 35.5 Å². The molecule has 3 heterocycles. The molecule has 30 heavy (non-hydrogen) atoms. The lowest BCUT2D eigenvalue weighted by Crippen LogP contribution is -2.35. The number of amides is 1. The van der Waals surface area contributed by atoms with Crippen molar-refractivity contribution < 1.29 is 13.2 Å². The van der Waals surface area contributed by atoms with Crippen LogP contribution in [0.3, 0.4) is 0 Å². The first kappa shape index (κ1) is 21.1. The number of carbonyl (C=O) groups excluding carboxylic acids is 1. The number of carbonyl (C=O) groups is 1. The average molecular weight is 448 g/mol. The second-order valence-corrected chi connectivity index (χ2v) is 10.4. The van der Waals surface area contributed by atoms with Gasteiger partial charge in [-0.2, -0.15) is 4.31 Å². The largest absolute Gasteiger partial charge is 0.384 e. The Bertz CT molecular complexity index is 1050. The molecule has 0 unspecified atom stereocenters. The van der Waals surface area contributed by atoms with Crippen LogP contribution >= 0.6 is 11.8 Å². The number of anilines is 2. The Morgan fingerprint density at radius 3 is 2.63 bits per heavy atom. The minimum absolute atomic E-state index is 0.0611. The first-order valence-electron chi connectivity index (χ1n) is 10.0. The molecule has 0 spiro atoms. The van der Waals surface area contributed by atoms with Crippen LogP contribution in [-0.2, 0) is 21.2 Å². The van der Waals surface area contributed by atoms with E-state index < -0.39 is 10.0 Å². The van der Waals surface area contributed by atoms with E-state index in [1.165, 1.54) is 11.8 Å². The number of sulfonamides is 1. The Kier molecular flexibility index (Phi) is 5.99. The maximum Gasteiger partial charge on any atom is 0.243 e. The summed E-state index contributed by atoms with van der Waals surface area (Å²) in [6, 6.07) is 6.77. The van der Waals surface area contributed by atoms with Crippen LogP contribution < -0.4 is 10.6 Å². The highest BCUT2D eigenvalue weighted by Gasteiger charge is 2.30. The van der Waals surface area contributed by atoms with E-state index in [1.54, 1.807) is 33.5 Å². The number of aromatic nitrogens is 2. The summed E-state index contributed by atoms with van der Waals surface area (Å²) in [5.74, 6) is 0.511. The number of thioether (sulfide) groups is 1. The van der Waals surface area contributed by atoms with E-state index in [-0.39, 0.29) is 11.7 Å². The molecule has 2 aliphatic heterocycles. The molecule has 10 heteroatoms. The Balaban J connectivity index is 1.47. The highest BCUT2D eigenvalue weighted by molar-refractivity contribution is 7.99. The summed E-state index contributed by atoms with van der Waals surface area (Å²) in [4.78, 5) is 23.2. The van der Waals surface area contributed by atoms with Crippen molar-refractivity contribution in [2.45, 2.75) is 42.7 Å². The number of benzene rings is 1. The van der Waals surface area contributed by atoms with Crippen molar-refractivity contribution in [1.29, 1.82) is 0 Å². The van der Waals surface area contributed by atoms with Crippen molar-refractivity contribution in [2.24, 2.45) is 0 Å². The molecule has 0 atom stereocenters. The number of nitrogen functional groups attached to an aromatic ring is 1. The molecule has 8 nitrogen and oxygen atoms in total. The fourth-order valence-electron chi connectivity index (χ4n) is 3.89. The van der Waals surface area contributed by atoms with Gasteiger partial charge in [0.05, 0.1) is 10.6 Å². The molecular formula is C20H25N5O3S2. The molecule has 0 bridgehead atoms. The van der Waals surface area contributed by atoms with E-state index in [4.69, 9.17) is 5.73 Å². The summed E-state index contributed by atoms with van der Waals surface area (Å²) < 4.78 is 27.4. The van der Waals surface area contributed by atoms with E-state index in [9.17, 15) is 13.2 Å². The first-order chi connectivity index (χ1) is 14.3. The van der Waals surface area contributed by atoms with Crippen LogP contribution in [0.4, 0.5) is 11.5 Å². The van der Waals surface area contributed by atoms with Gasteiger partial charge in [-0.15, -0.1) is 0 Å². The maximum atomic E-state index is 12.9. The smallest absolute Gasteiger partial charge is 0.243 e. The minimum Gasteiger partial charge on any atom is -0.384 e. The van der Waals surface area contributed by atoms with Crippen LogP contribution in [0.25, 0.3) is 0 Å². The molecule has 4 rings (SSSR count). The van der Waals surface area contributed by atoms with Gasteiger partial charge < -0.3 is 10.6 Å². The highest BCUT2D eigenvalue weighted by Crippen LogP contribution is 2.32. The summed E-state index contributed by atoms with van der Waals surface area (Å²) in [5, 5.41) is 0.475. The molecule has 1 fully saturated rings. The predicted octanol–water partition coefficient (Wildman–Crippen LogP) is 2.22. The number of hydrogen-bond acceptors (Lipinski definition) is 7. The number of fused-ring (bicyclic) bond motifs is 1. The zero-order valence-corrected chi connectivity index (χ0v) is 18.5. The number of nitrogens with two attached hydrogens (primary N) is 1. The van der Waals surface area contributed by atoms with Gasteiger partial charge in [0.15, 0.2) is 5.16 Å². The van der Waals surface area contributed by atoms with Gasteiger partial charge in [-0.1, -0.05) is 18.2 Å². The zero-order valence-electron chi connectivity index (χ0n) is 16.9. The average Bonchev–Trinajstić information content (AvgIpc) is 3.15. The lowest BCUT2D eigenvalue weighted by atomic mass is 10.2. The normalized spacial score (nSPS) is 17.2. The maximum absolute atomic E-state index is 12.9. The second kappa shape index (κ2) is 8.52. The van der Waals surface area contributed by atoms with E-state index >= 15 is 0 Å². The van der Waals surface area contributed by atoms with Crippen LogP contribution in [0.2, 0.25) is 0 Å². The predicted molar refractivity (Wildman–Crippen MR) is 117 cm³/mol. The minimum atomic E-state index is -3.48. The zero-order chi connectivity index (χ0) is 21.3. The second-order valence-electron chi connectivity index (χ2n) is 7.56. The van der Waals surface area contributed by atoms with E-state index in [0.717, 1.165) is 36.2 Å². The summed E-state index contributed by atoms with van der Waals surface area (Å²) in [6.45, 7) is 3.52. The Labute approximate surface area is 180 Å². The monoisotopic (exact) mass is 447 g/mol. The molecule has 0 aliphatic carbocycles. The molecule has 0 radical (unpaired) electrons. The van der Waals surface area contributed by atoms with Gasteiger partial charge in [0.1, 0.15) is 5.82 Å². The molecule has 0 saturated carbocycles. The quantitative estimate of drug-likeness (QED) is 0.553. The van der Waals surface area contributed by atoms with Crippen molar-refractivity contribution in [3.8, 4) is 0 Å². The number of rotatable bonds is 5. The van der Waals surface area contributed by atoms with Crippen LogP contribution in [-0.4, -0.2) is 54.0 Å². The lowest BCUT2D eigenvalue weighted by Gasteiger charge is -2.26. The molecule has 1 aromatic heterocycles. The fraction of sp³-hybridized carbons (Fsp3) is 0.450. The van der Waals surface area contributed by atoms with Crippen LogP contribution in [0.15, 0.2) is 34.3 Å². The van der Waals surface area contributed by atoms with Gasteiger partial charge in [0, 0.05) is 37.1 Å². The molecule has 160 valence electrons. The SMILES string of the molecule is Cc1cc(N)nc(SCC(=O)N2CCc3cc(S(=O)(=O)N4CCCCC4)ccc32)n1. The van der Waals surface area contributed by atoms with Crippen LogP contribution in [0.5, 0.6) is 0 Å². The number of piperidine rings is 1. The topological polar surface area (TPSA) is 109 Å². The standard InChI is InChI=1S/C20H25N5O3S2/c1-14-11-18(21)23-20(22-14)29-13-19(26)25-10-7-15-12-16(5-6-17(15)25)30(27,28)24-8-3-2-4-9-24/h5-6,11-12H,2-4,7-10,13H2,1H3,(H2,21,22,23). The van der Waals surface area contributed by atoms with Crippen molar-refractivity contribution in [1.82, 2.24) is 14.3 Å². The van der Waals surface area contributed by atoms with Gasteiger partial charge in [-0.25, -0.2) is 18.4 Å². The number of aryl methyl sites for hydroxylation is 1. The van der Waals surface area contributed by atoms with Crippen molar-refractivity contribution >= 4 is 39.2 Å². The fourth-order valence-corrected chi connectivity index (χ4v) is 6.24. The first-order valence-corrected chi connectivity index (χ1v) is 12.4. The number of nitrogens with zero attached hydrogens (tertiary/aromatic N) is 4. The van der Waals surface area contributed by atoms with Crippen molar-refractivity contribution in [3.63, 3.8) is 0 Å². The van der Waals surface area contributed by atoms with E-state index in [1.807, 2.05) is 6.92 Å². The van der Waals surface area contributed by atoms with Crippen molar-refractivity contribution in [2.75, 3.05) is 36.0 Å². The Morgan fingerprint density at radius 2 is 1.90 bits per heavy atom. The Hall–Kier alpha value is -2.17. The van der Waals surface area contributed by atoms with Gasteiger partial charge in [0.2, 0.25) is 15.9 Å². The molecule has 1 amide bonds. The molecule has 1 saturated heterocycles. The molecule has 2 N–H and O–H groups in total. The van der Waals surface area contributed by atoms with Gasteiger partial charge in [0.25, 0.3) is 0 Å². The summed E-state index contributed by atoms with van der Waals surface area (Å²) >= 11 is 1.25. The third-order valence-corrected chi connectivity index (χ3v) is 8.11.